The number of aliphatic hydroxyl groups excluding tert-OH is 1. The van der Waals surface area contributed by atoms with Gasteiger partial charge < -0.3 is 5.11 Å². The maximum Gasteiger partial charge on any atom is 0.137 e. The van der Waals surface area contributed by atoms with E-state index in [1.165, 1.54) is 0 Å². The van der Waals surface area contributed by atoms with Crippen LogP contribution in [0.4, 0.5) is 8.78 Å². The Morgan fingerprint density at radius 2 is 1.89 bits per heavy atom. The molecule has 0 fully saturated rings. The first kappa shape index (κ1) is 15.6. The van der Waals surface area contributed by atoms with Crippen LogP contribution in [0.5, 0.6) is 0 Å². The fourth-order valence-electron chi connectivity index (χ4n) is 2.07. The van der Waals surface area contributed by atoms with Gasteiger partial charge in [-0.05, 0) is 40.4 Å². The highest BCUT2D eigenvalue weighted by Gasteiger charge is 2.23. The molecule has 0 heterocycles. The van der Waals surface area contributed by atoms with Gasteiger partial charge in [0.15, 0.2) is 0 Å². The molecular formula is C14H19BrF2O. The van der Waals surface area contributed by atoms with Gasteiger partial charge >= 0.3 is 0 Å². The molecule has 4 heteroatoms. The second-order valence-corrected chi connectivity index (χ2v) is 5.40. The van der Waals surface area contributed by atoms with Crippen LogP contribution in [0.1, 0.15) is 51.2 Å². The second kappa shape index (κ2) is 7.19. The van der Waals surface area contributed by atoms with Crippen LogP contribution < -0.4 is 0 Å². The topological polar surface area (TPSA) is 20.2 Å². The Balaban J connectivity index is 2.94. The van der Waals surface area contributed by atoms with Gasteiger partial charge in [0.05, 0.1) is 10.6 Å². The lowest BCUT2D eigenvalue weighted by Gasteiger charge is -2.22. The highest BCUT2D eigenvalue weighted by atomic mass is 79.9. The van der Waals surface area contributed by atoms with Crippen molar-refractivity contribution in [3.05, 3.63) is 33.8 Å². The molecule has 1 aromatic carbocycles. The third-order valence-corrected chi connectivity index (χ3v) is 3.87. The molecule has 2 atom stereocenters. The van der Waals surface area contributed by atoms with E-state index in [-0.39, 0.29) is 16.0 Å². The van der Waals surface area contributed by atoms with Crippen LogP contribution in [0.25, 0.3) is 0 Å². The zero-order valence-corrected chi connectivity index (χ0v) is 12.3. The molecule has 0 spiro atoms. The Morgan fingerprint density at radius 1 is 1.22 bits per heavy atom. The Bertz CT molecular complexity index is 396. The first-order chi connectivity index (χ1) is 8.51. The Morgan fingerprint density at radius 3 is 2.44 bits per heavy atom. The molecule has 0 saturated heterocycles. The van der Waals surface area contributed by atoms with Crippen molar-refractivity contribution in [1.29, 1.82) is 0 Å². The van der Waals surface area contributed by atoms with E-state index in [1.807, 2.05) is 6.92 Å². The smallest absolute Gasteiger partial charge is 0.137 e. The van der Waals surface area contributed by atoms with Crippen LogP contribution in [0.3, 0.4) is 0 Å². The average molecular weight is 321 g/mol. The molecule has 0 aliphatic rings. The van der Waals surface area contributed by atoms with Crippen molar-refractivity contribution in [2.45, 2.75) is 45.6 Å². The van der Waals surface area contributed by atoms with Gasteiger partial charge in [0.25, 0.3) is 0 Å². The first-order valence-corrected chi connectivity index (χ1v) is 7.13. The zero-order chi connectivity index (χ0) is 13.7. The Labute approximate surface area is 115 Å². The van der Waals surface area contributed by atoms with Crippen LogP contribution in [0.2, 0.25) is 0 Å². The summed E-state index contributed by atoms with van der Waals surface area (Å²) in [5, 5.41) is 10.2. The summed E-state index contributed by atoms with van der Waals surface area (Å²) in [6.45, 7) is 4.02. The van der Waals surface area contributed by atoms with Crippen molar-refractivity contribution in [2.75, 3.05) is 0 Å². The maximum absolute atomic E-state index is 13.7. The minimum absolute atomic E-state index is 0.0278. The molecule has 1 rings (SSSR count). The second-order valence-electron chi connectivity index (χ2n) is 4.54. The van der Waals surface area contributed by atoms with Crippen molar-refractivity contribution in [1.82, 2.24) is 0 Å². The fourth-order valence-corrected chi connectivity index (χ4v) is 2.39. The number of rotatable bonds is 6. The Kier molecular flexibility index (Phi) is 6.22. The van der Waals surface area contributed by atoms with Crippen LogP contribution in [0, 0.1) is 17.6 Å². The van der Waals surface area contributed by atoms with Gasteiger partial charge in [-0.25, -0.2) is 8.78 Å². The molecule has 0 bridgehead atoms. The summed E-state index contributed by atoms with van der Waals surface area (Å²) in [6, 6.07) is 2.15. The first-order valence-electron chi connectivity index (χ1n) is 6.33. The SMILES string of the molecule is CCCCC(CC)C(O)c1cc(F)c(Br)cc1F. The fraction of sp³-hybridized carbons (Fsp3) is 0.571. The van der Waals surface area contributed by atoms with Crippen molar-refractivity contribution in [3.63, 3.8) is 0 Å². The van der Waals surface area contributed by atoms with Gasteiger partial charge in [-0.2, -0.15) is 0 Å². The van der Waals surface area contributed by atoms with Crippen LogP contribution in [0.15, 0.2) is 16.6 Å². The average Bonchev–Trinajstić information content (AvgIpc) is 2.34. The van der Waals surface area contributed by atoms with Crippen molar-refractivity contribution in [3.8, 4) is 0 Å². The predicted octanol–water partition coefficient (Wildman–Crippen LogP) is 4.98. The molecule has 1 aromatic rings. The van der Waals surface area contributed by atoms with Gasteiger partial charge in [0, 0.05) is 5.56 Å². The quantitative estimate of drug-likeness (QED) is 0.733. The van der Waals surface area contributed by atoms with E-state index in [2.05, 4.69) is 22.9 Å². The van der Waals surface area contributed by atoms with Crippen molar-refractivity contribution >= 4 is 15.9 Å². The summed E-state index contributed by atoms with van der Waals surface area (Å²) in [5.74, 6) is -1.14. The van der Waals surface area contributed by atoms with Crippen LogP contribution >= 0.6 is 15.9 Å². The molecule has 0 radical (unpaired) electrons. The van der Waals surface area contributed by atoms with Crippen molar-refractivity contribution in [2.24, 2.45) is 5.92 Å². The number of unbranched alkanes of at least 4 members (excludes halogenated alkanes) is 1. The van der Waals surface area contributed by atoms with E-state index in [1.54, 1.807) is 0 Å². The summed E-state index contributed by atoms with van der Waals surface area (Å²) in [5.41, 5.74) is 0.0543. The molecule has 0 saturated carbocycles. The van der Waals surface area contributed by atoms with E-state index in [0.29, 0.717) is 0 Å². The molecule has 102 valence electrons. The maximum atomic E-state index is 13.7. The molecule has 18 heavy (non-hydrogen) atoms. The van der Waals surface area contributed by atoms with Crippen LogP contribution in [-0.4, -0.2) is 5.11 Å². The molecular weight excluding hydrogens is 302 g/mol. The zero-order valence-electron chi connectivity index (χ0n) is 10.7. The standard InChI is InChI=1S/C14H19BrF2O/c1-3-5-6-9(4-2)14(18)10-7-13(17)11(15)8-12(10)16/h7-9,14,18H,3-6H2,1-2H3. The highest BCUT2D eigenvalue weighted by Crippen LogP contribution is 2.32. The third kappa shape index (κ3) is 3.75. The predicted molar refractivity (Wildman–Crippen MR) is 72.3 cm³/mol. The monoisotopic (exact) mass is 320 g/mol. The number of aliphatic hydroxyl groups is 1. The molecule has 1 N–H and O–H groups in total. The lowest BCUT2D eigenvalue weighted by atomic mass is 9.89. The molecule has 0 aliphatic carbocycles. The van der Waals surface area contributed by atoms with E-state index in [0.717, 1.165) is 37.8 Å². The lowest BCUT2D eigenvalue weighted by Crippen LogP contribution is -2.14. The summed E-state index contributed by atoms with van der Waals surface area (Å²) in [4.78, 5) is 0. The lowest BCUT2D eigenvalue weighted by molar-refractivity contribution is 0.0950. The minimum atomic E-state index is -0.941. The number of benzene rings is 1. The normalized spacial score (nSPS) is 14.6. The van der Waals surface area contributed by atoms with E-state index >= 15 is 0 Å². The third-order valence-electron chi connectivity index (χ3n) is 3.26. The van der Waals surface area contributed by atoms with Gasteiger partial charge in [-0.15, -0.1) is 0 Å². The van der Waals surface area contributed by atoms with Crippen LogP contribution in [-0.2, 0) is 0 Å². The number of hydrogen-bond acceptors (Lipinski definition) is 1. The van der Waals surface area contributed by atoms with Gasteiger partial charge in [0.1, 0.15) is 11.6 Å². The van der Waals surface area contributed by atoms with Gasteiger partial charge in [0.2, 0.25) is 0 Å². The van der Waals surface area contributed by atoms with E-state index < -0.39 is 17.7 Å². The van der Waals surface area contributed by atoms with Crippen molar-refractivity contribution < 1.29 is 13.9 Å². The van der Waals surface area contributed by atoms with E-state index in [4.69, 9.17) is 0 Å². The molecule has 0 amide bonds. The Hall–Kier alpha value is -0.480. The number of halogens is 3. The largest absolute Gasteiger partial charge is 0.388 e. The molecule has 0 aliphatic heterocycles. The van der Waals surface area contributed by atoms with Gasteiger partial charge in [-0.1, -0.05) is 33.1 Å². The summed E-state index contributed by atoms with van der Waals surface area (Å²) in [7, 11) is 0. The van der Waals surface area contributed by atoms with E-state index in [9.17, 15) is 13.9 Å². The molecule has 1 nitrogen and oxygen atoms in total. The van der Waals surface area contributed by atoms with Gasteiger partial charge in [-0.3, -0.25) is 0 Å². The summed E-state index contributed by atoms with van der Waals surface area (Å²) >= 11 is 2.93. The summed E-state index contributed by atoms with van der Waals surface area (Å²) < 4.78 is 27.2. The molecule has 0 aromatic heterocycles. The highest BCUT2D eigenvalue weighted by molar-refractivity contribution is 9.10. The minimum Gasteiger partial charge on any atom is -0.388 e. The summed E-state index contributed by atoms with van der Waals surface area (Å²) in [6.07, 6.45) is 2.64. The number of hydrogen-bond donors (Lipinski definition) is 1. The molecule has 2 unspecified atom stereocenters.